The van der Waals surface area contributed by atoms with E-state index < -0.39 is 17.7 Å². The van der Waals surface area contributed by atoms with Gasteiger partial charge < -0.3 is 15.4 Å². The molecule has 1 aromatic carbocycles. The molecule has 152 valence electrons. The summed E-state index contributed by atoms with van der Waals surface area (Å²) in [5.74, 6) is -1.13. The fraction of sp³-hybridized carbons (Fsp3) is 0.368. The van der Waals surface area contributed by atoms with Crippen molar-refractivity contribution in [2.24, 2.45) is 5.92 Å². The number of imidazole rings is 1. The van der Waals surface area contributed by atoms with Crippen LogP contribution < -0.4 is 5.73 Å². The van der Waals surface area contributed by atoms with Crippen molar-refractivity contribution in [3.8, 4) is 0 Å². The van der Waals surface area contributed by atoms with Gasteiger partial charge in [0.15, 0.2) is 5.65 Å². The van der Waals surface area contributed by atoms with Gasteiger partial charge in [-0.05, 0) is 36.5 Å². The first-order chi connectivity index (χ1) is 13.6. The largest absolute Gasteiger partial charge is 0.475 e. The summed E-state index contributed by atoms with van der Waals surface area (Å²) in [4.78, 5) is 23.8. The minimum absolute atomic E-state index is 0.0129. The Balaban J connectivity index is 1.80. The maximum absolute atomic E-state index is 12.8. The highest BCUT2D eigenvalue weighted by Crippen LogP contribution is 2.43. The van der Waals surface area contributed by atoms with Gasteiger partial charge >= 0.3 is 12.1 Å². The second kappa shape index (κ2) is 6.71. The van der Waals surface area contributed by atoms with Crippen LogP contribution in [-0.4, -0.2) is 30.6 Å². The molecule has 4 rings (SSSR count). The molecule has 3 aromatic rings. The molecule has 1 unspecified atom stereocenters. The predicted octanol–water partition coefficient (Wildman–Crippen LogP) is 3.69. The number of rotatable bonds is 5. The van der Waals surface area contributed by atoms with Crippen LogP contribution in [0, 0.1) is 5.92 Å². The molecule has 2 heterocycles. The zero-order valence-corrected chi connectivity index (χ0v) is 15.4. The number of nitrogens with zero attached hydrogens (tertiary/aromatic N) is 4. The van der Waals surface area contributed by atoms with Crippen LogP contribution in [0.4, 0.5) is 19.1 Å². The number of carbonyl (C=O) groups is 1. The average molecular weight is 405 g/mol. The van der Waals surface area contributed by atoms with Crippen LogP contribution in [0.1, 0.15) is 53.1 Å². The minimum Gasteiger partial charge on any atom is -0.475 e. The molecule has 2 aromatic heterocycles. The molecule has 10 heteroatoms. The number of alkyl halides is 3. The maximum Gasteiger partial charge on any atom is 0.416 e. The number of halogens is 3. The van der Waals surface area contributed by atoms with Crippen molar-refractivity contribution in [3.63, 3.8) is 0 Å². The van der Waals surface area contributed by atoms with Gasteiger partial charge in [0.2, 0.25) is 11.8 Å². The SMILES string of the molecule is CC(c1nc(C(=O)O)nc2nc(N)n(Cc3ccc(C(F)(F)F)cc3)c12)C1CC1. The van der Waals surface area contributed by atoms with Crippen molar-refractivity contribution in [2.75, 3.05) is 5.73 Å². The maximum atomic E-state index is 12.8. The summed E-state index contributed by atoms with van der Waals surface area (Å²) in [6.45, 7) is 2.14. The zero-order chi connectivity index (χ0) is 20.9. The molecule has 3 N–H and O–H groups in total. The molecule has 1 atom stereocenters. The lowest BCUT2D eigenvalue weighted by Crippen LogP contribution is -2.13. The average Bonchev–Trinajstić information content (AvgIpc) is 3.45. The second-order valence-corrected chi connectivity index (χ2v) is 7.29. The third-order valence-electron chi connectivity index (χ3n) is 5.23. The van der Waals surface area contributed by atoms with Crippen molar-refractivity contribution >= 4 is 23.1 Å². The molecule has 1 saturated carbocycles. The Morgan fingerprint density at radius 2 is 1.90 bits per heavy atom. The molecule has 1 aliphatic carbocycles. The lowest BCUT2D eigenvalue weighted by Gasteiger charge is -2.15. The van der Waals surface area contributed by atoms with Crippen molar-refractivity contribution in [1.82, 2.24) is 19.5 Å². The summed E-state index contributed by atoms with van der Waals surface area (Å²) >= 11 is 0. The summed E-state index contributed by atoms with van der Waals surface area (Å²) in [6.07, 6.45) is -2.36. The van der Waals surface area contributed by atoms with E-state index in [2.05, 4.69) is 15.0 Å². The van der Waals surface area contributed by atoms with E-state index in [-0.39, 0.29) is 29.9 Å². The first-order valence-corrected chi connectivity index (χ1v) is 9.08. The number of nitrogen functional groups attached to an aromatic ring is 1. The highest BCUT2D eigenvalue weighted by Gasteiger charge is 2.33. The fourth-order valence-electron chi connectivity index (χ4n) is 3.45. The van der Waals surface area contributed by atoms with E-state index in [9.17, 15) is 23.1 Å². The molecule has 0 saturated heterocycles. The van der Waals surface area contributed by atoms with Crippen molar-refractivity contribution in [3.05, 3.63) is 46.9 Å². The van der Waals surface area contributed by atoms with Gasteiger partial charge in [0.1, 0.15) is 5.52 Å². The number of carboxylic acids is 1. The van der Waals surface area contributed by atoms with Crippen LogP contribution in [0.15, 0.2) is 24.3 Å². The second-order valence-electron chi connectivity index (χ2n) is 7.29. The standard InChI is InChI=1S/C19H18F3N5O2/c1-9(11-4-5-11)13-14-15(25-16(24-13)17(28)29)26-18(23)27(14)8-10-2-6-12(7-3-10)19(20,21)22/h2-3,6-7,9,11H,4-5,8H2,1H3,(H,28,29)(H2,23,24,25,26). The smallest absolute Gasteiger partial charge is 0.416 e. The number of anilines is 1. The van der Waals surface area contributed by atoms with E-state index in [1.54, 1.807) is 4.57 Å². The minimum atomic E-state index is -4.41. The Bertz CT molecular complexity index is 1090. The monoisotopic (exact) mass is 405 g/mol. The third-order valence-corrected chi connectivity index (χ3v) is 5.23. The van der Waals surface area contributed by atoms with E-state index in [4.69, 9.17) is 5.73 Å². The van der Waals surface area contributed by atoms with E-state index in [0.29, 0.717) is 22.7 Å². The van der Waals surface area contributed by atoms with E-state index >= 15 is 0 Å². The van der Waals surface area contributed by atoms with Crippen molar-refractivity contribution in [1.29, 1.82) is 0 Å². The lowest BCUT2D eigenvalue weighted by molar-refractivity contribution is -0.137. The van der Waals surface area contributed by atoms with Crippen molar-refractivity contribution in [2.45, 2.75) is 38.4 Å². The van der Waals surface area contributed by atoms with Gasteiger partial charge in [-0.25, -0.2) is 14.8 Å². The summed E-state index contributed by atoms with van der Waals surface area (Å²) in [7, 11) is 0. The van der Waals surface area contributed by atoms with Gasteiger partial charge in [-0.1, -0.05) is 19.1 Å². The predicted molar refractivity (Wildman–Crippen MR) is 98.4 cm³/mol. The highest BCUT2D eigenvalue weighted by molar-refractivity contribution is 5.87. The van der Waals surface area contributed by atoms with Gasteiger partial charge in [-0.3, -0.25) is 0 Å². The Morgan fingerprint density at radius 1 is 1.24 bits per heavy atom. The summed E-state index contributed by atoms with van der Waals surface area (Å²) in [5.41, 5.74) is 7.14. The molecule has 0 radical (unpaired) electrons. The first-order valence-electron chi connectivity index (χ1n) is 9.08. The molecule has 29 heavy (non-hydrogen) atoms. The topological polar surface area (TPSA) is 107 Å². The molecular weight excluding hydrogens is 387 g/mol. The van der Waals surface area contributed by atoms with Crippen LogP contribution in [0.25, 0.3) is 11.2 Å². The number of hydrogen-bond donors (Lipinski definition) is 2. The van der Waals surface area contributed by atoms with E-state index in [1.807, 2.05) is 6.92 Å². The molecule has 0 spiro atoms. The van der Waals surface area contributed by atoms with Gasteiger partial charge in [0.25, 0.3) is 0 Å². The van der Waals surface area contributed by atoms with Gasteiger partial charge in [-0.15, -0.1) is 0 Å². The highest BCUT2D eigenvalue weighted by atomic mass is 19.4. The zero-order valence-electron chi connectivity index (χ0n) is 15.4. The quantitative estimate of drug-likeness (QED) is 0.671. The van der Waals surface area contributed by atoms with E-state index in [0.717, 1.165) is 25.0 Å². The van der Waals surface area contributed by atoms with E-state index in [1.165, 1.54) is 12.1 Å². The Hall–Kier alpha value is -3.17. The fourth-order valence-corrected chi connectivity index (χ4v) is 3.45. The van der Waals surface area contributed by atoms with Crippen LogP contribution in [0.2, 0.25) is 0 Å². The molecule has 1 fully saturated rings. The number of fused-ring (bicyclic) bond motifs is 1. The lowest BCUT2D eigenvalue weighted by atomic mass is 10.0. The third kappa shape index (κ3) is 3.62. The molecule has 0 bridgehead atoms. The molecule has 7 nitrogen and oxygen atoms in total. The number of aromatic nitrogens is 4. The number of carboxylic acid groups (broad SMARTS) is 1. The Morgan fingerprint density at radius 3 is 2.45 bits per heavy atom. The van der Waals surface area contributed by atoms with Crippen LogP contribution in [-0.2, 0) is 12.7 Å². The van der Waals surface area contributed by atoms with Crippen LogP contribution in [0.3, 0.4) is 0 Å². The summed E-state index contributed by atoms with van der Waals surface area (Å²) < 4.78 is 40.0. The summed E-state index contributed by atoms with van der Waals surface area (Å²) in [5, 5.41) is 9.33. The Kier molecular flexibility index (Phi) is 4.44. The molecule has 0 amide bonds. The van der Waals surface area contributed by atoms with Gasteiger partial charge in [0.05, 0.1) is 17.8 Å². The normalized spacial score (nSPS) is 15.6. The molecule has 1 aliphatic rings. The van der Waals surface area contributed by atoms with Crippen LogP contribution >= 0.6 is 0 Å². The summed E-state index contributed by atoms with van der Waals surface area (Å²) in [6, 6.07) is 4.78. The van der Waals surface area contributed by atoms with Crippen molar-refractivity contribution < 1.29 is 23.1 Å². The number of aromatic carboxylic acids is 1. The van der Waals surface area contributed by atoms with Gasteiger partial charge in [0, 0.05) is 5.92 Å². The number of nitrogens with two attached hydrogens (primary N) is 1. The molecular formula is C19H18F3N5O2. The number of benzene rings is 1. The number of hydrogen-bond acceptors (Lipinski definition) is 5. The Labute approximate surface area is 163 Å². The van der Waals surface area contributed by atoms with Crippen LogP contribution in [0.5, 0.6) is 0 Å². The molecule has 0 aliphatic heterocycles. The first kappa shape index (κ1) is 19.2. The van der Waals surface area contributed by atoms with Gasteiger partial charge in [-0.2, -0.15) is 18.2 Å².